The van der Waals surface area contributed by atoms with E-state index in [1.807, 2.05) is 31.2 Å². The molecule has 0 unspecified atom stereocenters. The summed E-state index contributed by atoms with van der Waals surface area (Å²) in [5.74, 6) is 0.765. The Bertz CT molecular complexity index is 681. The first-order valence-corrected chi connectivity index (χ1v) is 9.35. The first kappa shape index (κ1) is 17.5. The van der Waals surface area contributed by atoms with Crippen LogP contribution in [-0.4, -0.2) is 38.7 Å². The average Bonchev–Trinajstić information content (AvgIpc) is 2.85. The van der Waals surface area contributed by atoms with Crippen molar-refractivity contribution in [3.8, 4) is 5.75 Å². The fraction of sp³-hybridized carbons (Fsp3) is 0.500. The molecule has 0 aliphatic carbocycles. The van der Waals surface area contributed by atoms with Gasteiger partial charge in [0, 0.05) is 18.6 Å². The van der Waals surface area contributed by atoms with Gasteiger partial charge in [0.05, 0.1) is 18.6 Å². The van der Waals surface area contributed by atoms with E-state index < -0.39 is 9.84 Å². The normalized spacial score (nSPS) is 20.3. The Labute approximate surface area is 136 Å². The highest BCUT2D eigenvalue weighted by Crippen LogP contribution is 2.21. The van der Waals surface area contributed by atoms with E-state index in [0.717, 1.165) is 17.0 Å². The van der Waals surface area contributed by atoms with E-state index >= 15 is 0 Å². The van der Waals surface area contributed by atoms with Crippen molar-refractivity contribution in [3.63, 3.8) is 0 Å². The van der Waals surface area contributed by atoms with Gasteiger partial charge in [-0.15, -0.1) is 0 Å². The molecule has 1 saturated heterocycles. The molecule has 0 radical (unpaired) electrons. The third kappa shape index (κ3) is 5.67. The lowest BCUT2D eigenvalue weighted by atomic mass is 10.1. The number of carbonyl (C=O) groups excluding carboxylic acids is 1. The van der Waals surface area contributed by atoms with Crippen LogP contribution in [0, 0.1) is 5.92 Å². The van der Waals surface area contributed by atoms with E-state index in [9.17, 15) is 13.2 Å². The number of hydrogen-bond donors (Lipinski definition) is 1. The second-order valence-corrected chi connectivity index (χ2v) is 8.11. The van der Waals surface area contributed by atoms with Gasteiger partial charge in [-0.1, -0.05) is 12.1 Å². The van der Waals surface area contributed by atoms with Gasteiger partial charge in [-0.2, -0.15) is 5.10 Å². The molecule has 6 nitrogen and oxygen atoms in total. The van der Waals surface area contributed by atoms with Crippen molar-refractivity contribution in [1.82, 2.24) is 5.43 Å². The molecule has 1 aromatic carbocycles. The number of hydrazone groups is 1. The number of nitrogens with one attached hydrogen (secondary N) is 1. The largest absolute Gasteiger partial charge is 0.497 e. The lowest BCUT2D eigenvalue weighted by molar-refractivity contribution is -0.121. The summed E-state index contributed by atoms with van der Waals surface area (Å²) in [6.07, 6.45) is 1.39. The zero-order valence-corrected chi connectivity index (χ0v) is 14.2. The van der Waals surface area contributed by atoms with Crippen molar-refractivity contribution >= 4 is 21.5 Å². The van der Waals surface area contributed by atoms with Gasteiger partial charge in [-0.05, 0) is 37.0 Å². The smallest absolute Gasteiger partial charge is 0.240 e. The first-order valence-electron chi connectivity index (χ1n) is 7.53. The molecule has 1 aromatic rings. The Morgan fingerprint density at radius 1 is 1.35 bits per heavy atom. The number of ether oxygens (including phenoxy) is 1. The molecule has 1 atom stereocenters. The van der Waals surface area contributed by atoms with Crippen LogP contribution < -0.4 is 10.2 Å². The van der Waals surface area contributed by atoms with Crippen LogP contribution >= 0.6 is 0 Å². The van der Waals surface area contributed by atoms with E-state index in [1.165, 1.54) is 0 Å². The van der Waals surface area contributed by atoms with Crippen molar-refractivity contribution in [2.75, 3.05) is 18.6 Å². The molecule has 1 aliphatic heterocycles. The molecule has 0 bridgehead atoms. The number of nitrogens with zero attached hydrogens (tertiary/aromatic N) is 1. The maximum absolute atomic E-state index is 11.8. The van der Waals surface area contributed by atoms with Gasteiger partial charge in [-0.25, -0.2) is 13.8 Å². The van der Waals surface area contributed by atoms with E-state index in [1.54, 1.807) is 7.11 Å². The van der Waals surface area contributed by atoms with Crippen LogP contribution in [0.15, 0.2) is 29.4 Å². The Kier molecular flexibility index (Phi) is 5.76. The fourth-order valence-corrected chi connectivity index (χ4v) is 4.44. The van der Waals surface area contributed by atoms with Gasteiger partial charge in [-0.3, -0.25) is 4.79 Å². The molecule has 1 amide bonds. The number of sulfone groups is 1. The lowest BCUT2D eigenvalue weighted by Gasteiger charge is -2.07. The molecule has 1 N–H and O–H groups in total. The van der Waals surface area contributed by atoms with Gasteiger partial charge >= 0.3 is 0 Å². The van der Waals surface area contributed by atoms with Gasteiger partial charge < -0.3 is 4.74 Å². The first-order chi connectivity index (χ1) is 10.9. The number of benzene rings is 1. The van der Waals surface area contributed by atoms with E-state index in [-0.39, 0.29) is 29.8 Å². The summed E-state index contributed by atoms with van der Waals surface area (Å²) in [6.45, 7) is 1.84. The van der Waals surface area contributed by atoms with Crippen LogP contribution in [0.5, 0.6) is 5.75 Å². The van der Waals surface area contributed by atoms with E-state index in [2.05, 4.69) is 10.5 Å². The molecule has 2 rings (SSSR count). The van der Waals surface area contributed by atoms with Crippen LogP contribution in [0.25, 0.3) is 0 Å². The predicted molar refractivity (Wildman–Crippen MR) is 89.3 cm³/mol. The Hall–Kier alpha value is -1.89. The van der Waals surface area contributed by atoms with Crippen molar-refractivity contribution in [1.29, 1.82) is 0 Å². The Morgan fingerprint density at radius 2 is 2.04 bits per heavy atom. The van der Waals surface area contributed by atoms with Crippen LogP contribution in [-0.2, 0) is 21.1 Å². The molecule has 0 saturated carbocycles. The summed E-state index contributed by atoms with van der Waals surface area (Å²) >= 11 is 0. The maximum atomic E-state index is 11.8. The molecule has 0 spiro atoms. The minimum absolute atomic E-state index is 0.0860. The zero-order chi connectivity index (χ0) is 16.9. The number of carbonyl (C=O) groups is 1. The molecule has 1 heterocycles. The number of hydrogen-bond acceptors (Lipinski definition) is 5. The van der Waals surface area contributed by atoms with Crippen molar-refractivity contribution < 1.29 is 17.9 Å². The highest BCUT2D eigenvalue weighted by atomic mass is 32.2. The minimum Gasteiger partial charge on any atom is -0.497 e. The molecular weight excluding hydrogens is 316 g/mol. The van der Waals surface area contributed by atoms with Gasteiger partial charge in [0.15, 0.2) is 9.84 Å². The molecular formula is C16H22N2O4S. The number of rotatable bonds is 6. The highest BCUT2D eigenvalue weighted by molar-refractivity contribution is 7.91. The average molecular weight is 338 g/mol. The van der Waals surface area contributed by atoms with Crippen molar-refractivity contribution in [3.05, 3.63) is 29.8 Å². The Morgan fingerprint density at radius 3 is 2.61 bits per heavy atom. The summed E-state index contributed by atoms with van der Waals surface area (Å²) < 4.78 is 27.8. The SMILES string of the molecule is COc1ccc(C/C(C)=N\NC(=O)C[C@@H]2CCS(=O)(=O)C2)cc1. The maximum Gasteiger partial charge on any atom is 0.240 e. The molecule has 7 heteroatoms. The summed E-state index contributed by atoms with van der Waals surface area (Å²) in [5.41, 5.74) is 4.36. The van der Waals surface area contributed by atoms with E-state index in [4.69, 9.17) is 4.74 Å². The predicted octanol–water partition coefficient (Wildman–Crippen LogP) is 1.55. The fourth-order valence-electron chi connectivity index (χ4n) is 2.58. The van der Waals surface area contributed by atoms with Crippen molar-refractivity contribution in [2.45, 2.75) is 26.2 Å². The van der Waals surface area contributed by atoms with Crippen LogP contribution in [0.2, 0.25) is 0 Å². The van der Waals surface area contributed by atoms with Crippen molar-refractivity contribution in [2.24, 2.45) is 11.0 Å². The number of methoxy groups -OCH3 is 1. The summed E-state index contributed by atoms with van der Waals surface area (Å²) in [5, 5.41) is 4.08. The minimum atomic E-state index is -2.94. The van der Waals surface area contributed by atoms with Gasteiger partial charge in [0.2, 0.25) is 5.91 Å². The van der Waals surface area contributed by atoms with Crippen LogP contribution in [0.4, 0.5) is 0 Å². The quantitative estimate of drug-likeness (QED) is 0.630. The highest BCUT2D eigenvalue weighted by Gasteiger charge is 2.29. The molecule has 1 fully saturated rings. The summed E-state index contributed by atoms with van der Waals surface area (Å²) in [4.78, 5) is 11.8. The molecule has 0 aromatic heterocycles. The van der Waals surface area contributed by atoms with Gasteiger partial charge in [0.25, 0.3) is 0 Å². The summed E-state index contributed by atoms with van der Waals surface area (Å²) in [6, 6.07) is 7.65. The second kappa shape index (κ2) is 7.59. The van der Waals surface area contributed by atoms with E-state index in [0.29, 0.717) is 12.8 Å². The molecule has 23 heavy (non-hydrogen) atoms. The standard InChI is InChI=1S/C16H22N2O4S/c1-12(9-13-3-5-15(22-2)6-4-13)17-18-16(19)10-14-7-8-23(20,21)11-14/h3-6,14H,7-11H2,1-2H3,(H,18,19)/b17-12-/t14-/m0/s1. The third-order valence-electron chi connectivity index (χ3n) is 3.79. The second-order valence-electron chi connectivity index (χ2n) is 5.88. The summed E-state index contributed by atoms with van der Waals surface area (Å²) in [7, 11) is -1.33. The molecule has 126 valence electrons. The number of amides is 1. The Balaban J connectivity index is 1.80. The van der Waals surface area contributed by atoms with Crippen LogP contribution in [0.3, 0.4) is 0 Å². The van der Waals surface area contributed by atoms with Gasteiger partial charge in [0.1, 0.15) is 5.75 Å². The topological polar surface area (TPSA) is 84.8 Å². The van der Waals surface area contributed by atoms with Crippen LogP contribution in [0.1, 0.15) is 25.3 Å². The monoisotopic (exact) mass is 338 g/mol. The lowest BCUT2D eigenvalue weighted by Crippen LogP contribution is -2.22. The zero-order valence-electron chi connectivity index (χ0n) is 13.4. The molecule has 1 aliphatic rings. The third-order valence-corrected chi connectivity index (χ3v) is 5.63.